The number of halogens is 1. The van der Waals surface area contributed by atoms with E-state index in [0.29, 0.717) is 5.56 Å². The lowest BCUT2D eigenvalue weighted by Gasteiger charge is -2.14. The van der Waals surface area contributed by atoms with Crippen molar-refractivity contribution >= 4 is 21.7 Å². The molecule has 2 N–H and O–H groups in total. The van der Waals surface area contributed by atoms with Crippen LogP contribution in [0.3, 0.4) is 0 Å². The third kappa shape index (κ3) is 3.29. The van der Waals surface area contributed by atoms with Gasteiger partial charge in [-0.25, -0.2) is 22.3 Å². The predicted molar refractivity (Wildman–Crippen MR) is 92.5 cm³/mol. The zero-order valence-corrected chi connectivity index (χ0v) is 14.4. The van der Waals surface area contributed by atoms with Crippen molar-refractivity contribution in [1.29, 1.82) is 0 Å². The van der Waals surface area contributed by atoms with Gasteiger partial charge in [0.05, 0.1) is 16.1 Å². The molecule has 134 valence electrons. The molecular formula is C17H14FN3O4S. The molecule has 7 nitrogen and oxygen atoms in total. The Morgan fingerprint density at radius 2 is 2.00 bits per heavy atom. The summed E-state index contributed by atoms with van der Waals surface area (Å²) in [4.78, 5) is 11.0. The van der Waals surface area contributed by atoms with Crippen LogP contribution in [0.1, 0.15) is 15.9 Å². The van der Waals surface area contributed by atoms with Crippen LogP contribution >= 0.6 is 0 Å². The van der Waals surface area contributed by atoms with Gasteiger partial charge < -0.3 is 5.11 Å². The number of para-hydroxylation sites is 1. The van der Waals surface area contributed by atoms with Crippen LogP contribution in [0.5, 0.6) is 0 Å². The van der Waals surface area contributed by atoms with Crippen molar-refractivity contribution in [1.82, 2.24) is 9.78 Å². The largest absolute Gasteiger partial charge is 0.478 e. The van der Waals surface area contributed by atoms with Crippen molar-refractivity contribution in [3.63, 3.8) is 0 Å². The van der Waals surface area contributed by atoms with E-state index >= 15 is 0 Å². The number of benzene rings is 2. The number of aryl methyl sites for hydroxylation is 1. The molecule has 0 bridgehead atoms. The second kappa shape index (κ2) is 6.60. The summed E-state index contributed by atoms with van der Waals surface area (Å²) in [5.74, 6) is -2.05. The van der Waals surface area contributed by atoms with Gasteiger partial charge >= 0.3 is 5.97 Å². The first-order valence-electron chi connectivity index (χ1n) is 7.45. The highest BCUT2D eigenvalue weighted by molar-refractivity contribution is 7.92. The Balaban J connectivity index is 2.00. The minimum absolute atomic E-state index is 0.0587. The fraction of sp³-hybridized carbons (Fsp3) is 0.0588. The number of aromatic nitrogens is 2. The monoisotopic (exact) mass is 375 g/mol. The van der Waals surface area contributed by atoms with Crippen LogP contribution in [0.25, 0.3) is 5.69 Å². The number of rotatable bonds is 5. The second-order valence-corrected chi connectivity index (χ2v) is 7.15. The van der Waals surface area contributed by atoms with Gasteiger partial charge in [-0.3, -0.25) is 4.72 Å². The average molecular weight is 375 g/mol. The topological polar surface area (TPSA) is 101 Å². The van der Waals surface area contributed by atoms with Crippen LogP contribution in [0.2, 0.25) is 0 Å². The lowest BCUT2D eigenvalue weighted by Crippen LogP contribution is -2.17. The van der Waals surface area contributed by atoms with Crippen LogP contribution in [0, 0.1) is 12.7 Å². The van der Waals surface area contributed by atoms with E-state index < -0.39 is 21.8 Å². The number of aromatic carboxylic acids is 1. The van der Waals surface area contributed by atoms with Crippen LogP contribution in [0.4, 0.5) is 10.1 Å². The first-order chi connectivity index (χ1) is 12.3. The average Bonchev–Trinajstić information content (AvgIpc) is 3.10. The molecule has 0 saturated carbocycles. The third-order valence-corrected chi connectivity index (χ3v) is 5.07. The molecule has 3 aromatic rings. The SMILES string of the molecule is Cc1cccc(C(=O)O)c1NS(=O)(=O)c1ccc(-n2cccn2)c(F)c1. The first-order valence-corrected chi connectivity index (χ1v) is 8.93. The number of nitrogens with one attached hydrogen (secondary N) is 1. The summed E-state index contributed by atoms with van der Waals surface area (Å²) in [7, 11) is -4.18. The molecule has 0 spiro atoms. The van der Waals surface area contributed by atoms with E-state index in [9.17, 15) is 22.7 Å². The van der Waals surface area contributed by atoms with E-state index in [2.05, 4.69) is 9.82 Å². The molecule has 0 saturated heterocycles. The van der Waals surface area contributed by atoms with E-state index in [4.69, 9.17) is 0 Å². The van der Waals surface area contributed by atoms with Crippen LogP contribution in [-0.2, 0) is 10.0 Å². The van der Waals surface area contributed by atoms with Gasteiger partial charge in [0.25, 0.3) is 10.0 Å². The molecule has 9 heteroatoms. The Morgan fingerprint density at radius 1 is 1.23 bits per heavy atom. The Labute approximate surface area is 148 Å². The van der Waals surface area contributed by atoms with Crippen molar-refractivity contribution in [2.24, 2.45) is 0 Å². The van der Waals surface area contributed by atoms with Crippen LogP contribution in [0.15, 0.2) is 59.8 Å². The van der Waals surface area contributed by atoms with Crippen LogP contribution < -0.4 is 4.72 Å². The van der Waals surface area contributed by atoms with Crippen molar-refractivity contribution in [2.45, 2.75) is 11.8 Å². The van der Waals surface area contributed by atoms with E-state index in [0.717, 1.165) is 6.07 Å². The third-order valence-electron chi connectivity index (χ3n) is 3.72. The number of carboxylic acids is 1. The van der Waals surface area contributed by atoms with Gasteiger partial charge in [-0.05, 0) is 42.8 Å². The summed E-state index contributed by atoms with van der Waals surface area (Å²) in [5.41, 5.74) is 0.275. The van der Waals surface area contributed by atoms with E-state index in [1.165, 1.54) is 41.3 Å². The summed E-state index contributed by atoms with van der Waals surface area (Å²) in [6, 6.07) is 9.35. The summed E-state index contributed by atoms with van der Waals surface area (Å²) >= 11 is 0. The van der Waals surface area contributed by atoms with E-state index in [1.54, 1.807) is 19.1 Å². The molecule has 0 atom stereocenters. The molecule has 2 aromatic carbocycles. The second-order valence-electron chi connectivity index (χ2n) is 5.47. The maximum absolute atomic E-state index is 14.3. The van der Waals surface area contributed by atoms with Crippen molar-refractivity contribution < 1.29 is 22.7 Å². The molecule has 0 aliphatic carbocycles. The van der Waals surface area contributed by atoms with Gasteiger partial charge in [0.1, 0.15) is 11.5 Å². The minimum atomic E-state index is -4.18. The Kier molecular flexibility index (Phi) is 4.47. The number of hydrogen-bond acceptors (Lipinski definition) is 4. The Bertz CT molecular complexity index is 1080. The van der Waals surface area contributed by atoms with Crippen molar-refractivity contribution in [2.75, 3.05) is 4.72 Å². The molecule has 26 heavy (non-hydrogen) atoms. The van der Waals surface area contributed by atoms with Crippen molar-refractivity contribution in [3.05, 3.63) is 71.8 Å². The fourth-order valence-electron chi connectivity index (χ4n) is 2.43. The standard InChI is InChI=1S/C17H14FN3O4S/c1-11-4-2-5-13(17(22)23)16(11)20-26(24,25)12-6-7-15(14(18)10-12)21-9-3-8-19-21/h2-10,20H,1H3,(H,22,23). The highest BCUT2D eigenvalue weighted by atomic mass is 32.2. The zero-order valence-electron chi connectivity index (χ0n) is 13.5. The van der Waals surface area contributed by atoms with Gasteiger partial charge in [-0.15, -0.1) is 0 Å². The highest BCUT2D eigenvalue weighted by Gasteiger charge is 2.21. The molecule has 0 radical (unpaired) electrons. The normalized spacial score (nSPS) is 11.3. The van der Waals surface area contributed by atoms with E-state index in [1.807, 2.05) is 0 Å². The number of carbonyl (C=O) groups is 1. The number of sulfonamides is 1. The summed E-state index contributed by atoms with van der Waals surface area (Å²) in [6.07, 6.45) is 2.99. The molecule has 1 heterocycles. The van der Waals surface area contributed by atoms with Crippen LogP contribution in [-0.4, -0.2) is 29.3 Å². The number of anilines is 1. The molecular weight excluding hydrogens is 361 g/mol. The molecule has 0 fully saturated rings. The van der Waals surface area contributed by atoms with Gasteiger partial charge in [0.15, 0.2) is 0 Å². The fourth-order valence-corrected chi connectivity index (χ4v) is 3.59. The molecule has 0 aliphatic rings. The molecule has 0 unspecified atom stereocenters. The van der Waals surface area contributed by atoms with E-state index in [-0.39, 0.29) is 21.8 Å². The van der Waals surface area contributed by atoms with Gasteiger partial charge in [0.2, 0.25) is 0 Å². The van der Waals surface area contributed by atoms with Crippen molar-refractivity contribution in [3.8, 4) is 5.69 Å². The number of carboxylic acid groups (broad SMARTS) is 1. The predicted octanol–water partition coefficient (Wildman–Crippen LogP) is 2.82. The smallest absolute Gasteiger partial charge is 0.337 e. The Hall–Kier alpha value is -3.20. The Morgan fingerprint density at radius 3 is 2.62 bits per heavy atom. The first kappa shape index (κ1) is 17.6. The lowest BCUT2D eigenvalue weighted by atomic mass is 10.1. The summed E-state index contributed by atoms with van der Waals surface area (Å²) in [6.45, 7) is 1.58. The van der Waals surface area contributed by atoms with Gasteiger partial charge in [-0.2, -0.15) is 5.10 Å². The molecule has 0 amide bonds. The number of nitrogens with zero attached hydrogens (tertiary/aromatic N) is 2. The lowest BCUT2D eigenvalue weighted by molar-refractivity contribution is 0.0698. The zero-order chi connectivity index (χ0) is 18.9. The quantitative estimate of drug-likeness (QED) is 0.714. The minimum Gasteiger partial charge on any atom is -0.478 e. The molecule has 3 rings (SSSR count). The van der Waals surface area contributed by atoms with Gasteiger partial charge in [-0.1, -0.05) is 12.1 Å². The number of hydrogen-bond donors (Lipinski definition) is 2. The maximum atomic E-state index is 14.3. The molecule has 0 aliphatic heterocycles. The molecule has 1 aromatic heterocycles. The highest BCUT2D eigenvalue weighted by Crippen LogP contribution is 2.25. The van der Waals surface area contributed by atoms with Gasteiger partial charge in [0, 0.05) is 12.4 Å². The summed E-state index contributed by atoms with van der Waals surface area (Å²) in [5, 5.41) is 13.1. The maximum Gasteiger partial charge on any atom is 0.337 e. The summed E-state index contributed by atoms with van der Waals surface area (Å²) < 4.78 is 43.0.